The molecule has 1 aliphatic heterocycles. The van der Waals surface area contributed by atoms with Crippen molar-refractivity contribution < 1.29 is 9.47 Å². The van der Waals surface area contributed by atoms with Crippen LogP contribution in [0.25, 0.3) is 0 Å². The fourth-order valence-electron chi connectivity index (χ4n) is 2.48. The second-order valence-electron chi connectivity index (χ2n) is 5.57. The first-order chi connectivity index (χ1) is 9.15. The molecule has 0 bridgehead atoms. The van der Waals surface area contributed by atoms with Crippen molar-refractivity contribution in [2.45, 2.75) is 57.8 Å². The van der Waals surface area contributed by atoms with Crippen molar-refractivity contribution in [1.29, 1.82) is 0 Å². The lowest BCUT2D eigenvalue weighted by Gasteiger charge is -2.25. The SMILES string of the molecule is CC(C)Oc1ccc(C(N)CC2CCCCO2)cc1. The third-order valence-corrected chi connectivity index (χ3v) is 3.47. The summed E-state index contributed by atoms with van der Waals surface area (Å²) in [7, 11) is 0. The highest BCUT2D eigenvalue weighted by molar-refractivity contribution is 5.29. The maximum absolute atomic E-state index is 6.26. The van der Waals surface area contributed by atoms with Crippen molar-refractivity contribution >= 4 is 0 Å². The van der Waals surface area contributed by atoms with Crippen molar-refractivity contribution in [3.63, 3.8) is 0 Å². The number of benzene rings is 1. The standard InChI is InChI=1S/C16H25NO2/c1-12(2)19-14-8-6-13(7-9-14)16(17)11-15-5-3-4-10-18-15/h6-9,12,15-16H,3-5,10-11,17H2,1-2H3. The quantitative estimate of drug-likeness (QED) is 0.885. The maximum Gasteiger partial charge on any atom is 0.119 e. The van der Waals surface area contributed by atoms with Crippen LogP contribution in [0.2, 0.25) is 0 Å². The Balaban J connectivity index is 1.89. The minimum Gasteiger partial charge on any atom is -0.491 e. The molecule has 106 valence electrons. The number of hydrogen-bond donors (Lipinski definition) is 1. The predicted octanol–water partition coefficient (Wildman–Crippen LogP) is 3.43. The Bertz CT molecular complexity index is 369. The highest BCUT2D eigenvalue weighted by Crippen LogP contribution is 2.24. The molecule has 1 aliphatic rings. The normalized spacial score (nSPS) is 21.4. The molecule has 19 heavy (non-hydrogen) atoms. The molecule has 1 aromatic carbocycles. The Labute approximate surface area is 116 Å². The summed E-state index contributed by atoms with van der Waals surface area (Å²) < 4.78 is 11.4. The average molecular weight is 263 g/mol. The summed E-state index contributed by atoms with van der Waals surface area (Å²) in [5.74, 6) is 0.903. The van der Waals surface area contributed by atoms with Crippen LogP contribution in [0.15, 0.2) is 24.3 Å². The Morgan fingerprint density at radius 1 is 1.26 bits per heavy atom. The molecule has 0 aromatic heterocycles. The minimum absolute atomic E-state index is 0.0520. The molecule has 2 N–H and O–H groups in total. The van der Waals surface area contributed by atoms with E-state index in [4.69, 9.17) is 15.2 Å². The van der Waals surface area contributed by atoms with Gasteiger partial charge < -0.3 is 15.2 Å². The van der Waals surface area contributed by atoms with E-state index in [0.29, 0.717) is 6.10 Å². The fourth-order valence-corrected chi connectivity index (χ4v) is 2.48. The molecule has 0 saturated carbocycles. The van der Waals surface area contributed by atoms with Gasteiger partial charge in [0.1, 0.15) is 5.75 Å². The van der Waals surface area contributed by atoms with Crippen LogP contribution in [0.5, 0.6) is 5.75 Å². The highest BCUT2D eigenvalue weighted by Gasteiger charge is 2.18. The molecule has 3 heteroatoms. The van der Waals surface area contributed by atoms with Crippen LogP contribution in [0.4, 0.5) is 0 Å². The minimum atomic E-state index is 0.0520. The zero-order valence-corrected chi connectivity index (χ0v) is 12.0. The van der Waals surface area contributed by atoms with Crippen LogP contribution >= 0.6 is 0 Å². The van der Waals surface area contributed by atoms with E-state index in [-0.39, 0.29) is 12.1 Å². The molecule has 0 amide bonds. The monoisotopic (exact) mass is 263 g/mol. The Kier molecular flexibility index (Phi) is 5.23. The molecule has 2 unspecified atom stereocenters. The van der Waals surface area contributed by atoms with Crippen LogP contribution in [-0.4, -0.2) is 18.8 Å². The van der Waals surface area contributed by atoms with E-state index >= 15 is 0 Å². The van der Waals surface area contributed by atoms with Crippen molar-refractivity contribution in [2.75, 3.05) is 6.61 Å². The van der Waals surface area contributed by atoms with Crippen LogP contribution in [0, 0.1) is 0 Å². The third kappa shape index (κ3) is 4.51. The molecule has 2 rings (SSSR count). The Morgan fingerprint density at radius 3 is 2.58 bits per heavy atom. The number of nitrogens with two attached hydrogens (primary N) is 1. The van der Waals surface area contributed by atoms with E-state index in [2.05, 4.69) is 12.1 Å². The van der Waals surface area contributed by atoms with Crippen molar-refractivity contribution in [2.24, 2.45) is 5.73 Å². The molecule has 3 nitrogen and oxygen atoms in total. The van der Waals surface area contributed by atoms with Gasteiger partial charge in [0, 0.05) is 12.6 Å². The first-order valence-corrected chi connectivity index (χ1v) is 7.29. The number of hydrogen-bond acceptors (Lipinski definition) is 3. The lowest BCUT2D eigenvalue weighted by atomic mass is 9.97. The lowest BCUT2D eigenvalue weighted by molar-refractivity contribution is 0.00729. The van der Waals surface area contributed by atoms with Crippen LogP contribution < -0.4 is 10.5 Å². The van der Waals surface area contributed by atoms with Gasteiger partial charge in [0.25, 0.3) is 0 Å². The second-order valence-corrected chi connectivity index (χ2v) is 5.57. The summed E-state index contributed by atoms with van der Waals surface area (Å²) in [6.07, 6.45) is 5.03. The van der Waals surface area contributed by atoms with Crippen LogP contribution in [0.3, 0.4) is 0 Å². The zero-order valence-electron chi connectivity index (χ0n) is 12.0. The van der Waals surface area contributed by atoms with E-state index in [1.165, 1.54) is 12.8 Å². The summed E-state index contributed by atoms with van der Waals surface area (Å²) >= 11 is 0. The Morgan fingerprint density at radius 2 is 2.00 bits per heavy atom. The molecule has 2 atom stereocenters. The van der Waals surface area contributed by atoms with Gasteiger partial charge in [-0.15, -0.1) is 0 Å². The first kappa shape index (κ1) is 14.4. The molecule has 1 fully saturated rings. The average Bonchev–Trinajstić information content (AvgIpc) is 2.40. The van der Waals surface area contributed by atoms with E-state index in [1.807, 2.05) is 26.0 Å². The first-order valence-electron chi connectivity index (χ1n) is 7.29. The Hall–Kier alpha value is -1.06. The van der Waals surface area contributed by atoms with Crippen LogP contribution in [0.1, 0.15) is 51.1 Å². The van der Waals surface area contributed by atoms with E-state index in [1.54, 1.807) is 0 Å². The number of rotatable bonds is 5. The molecule has 1 aromatic rings. The van der Waals surface area contributed by atoms with Gasteiger partial charge in [-0.1, -0.05) is 12.1 Å². The molecule has 0 radical (unpaired) electrons. The van der Waals surface area contributed by atoms with Crippen molar-refractivity contribution in [3.05, 3.63) is 29.8 Å². The molecular weight excluding hydrogens is 238 g/mol. The van der Waals surface area contributed by atoms with Gasteiger partial charge in [0.2, 0.25) is 0 Å². The van der Waals surface area contributed by atoms with Crippen molar-refractivity contribution in [1.82, 2.24) is 0 Å². The summed E-state index contributed by atoms with van der Waals surface area (Å²) in [5.41, 5.74) is 7.41. The topological polar surface area (TPSA) is 44.5 Å². The van der Waals surface area contributed by atoms with Gasteiger partial charge in [0.05, 0.1) is 12.2 Å². The van der Waals surface area contributed by atoms with E-state index in [9.17, 15) is 0 Å². The lowest BCUT2D eigenvalue weighted by Crippen LogP contribution is -2.24. The highest BCUT2D eigenvalue weighted by atomic mass is 16.5. The van der Waals surface area contributed by atoms with Gasteiger partial charge in [-0.3, -0.25) is 0 Å². The predicted molar refractivity (Wildman–Crippen MR) is 77.3 cm³/mol. The molecule has 1 heterocycles. The fraction of sp³-hybridized carbons (Fsp3) is 0.625. The van der Waals surface area contributed by atoms with Gasteiger partial charge >= 0.3 is 0 Å². The maximum atomic E-state index is 6.26. The van der Waals surface area contributed by atoms with Crippen molar-refractivity contribution in [3.8, 4) is 5.75 Å². The third-order valence-electron chi connectivity index (χ3n) is 3.47. The molecule has 0 aliphatic carbocycles. The largest absolute Gasteiger partial charge is 0.491 e. The summed E-state index contributed by atoms with van der Waals surface area (Å²) in [6.45, 7) is 4.94. The van der Waals surface area contributed by atoms with Gasteiger partial charge in [-0.25, -0.2) is 0 Å². The van der Waals surface area contributed by atoms with Gasteiger partial charge in [-0.2, -0.15) is 0 Å². The van der Waals surface area contributed by atoms with E-state index < -0.39 is 0 Å². The molecular formula is C16H25NO2. The van der Waals surface area contributed by atoms with Crippen LogP contribution in [-0.2, 0) is 4.74 Å². The molecule has 1 saturated heterocycles. The zero-order chi connectivity index (χ0) is 13.7. The second kappa shape index (κ2) is 6.92. The molecule has 0 spiro atoms. The summed E-state index contributed by atoms with van der Waals surface area (Å²) in [5, 5.41) is 0. The number of ether oxygens (including phenoxy) is 2. The van der Waals surface area contributed by atoms with Gasteiger partial charge in [0.15, 0.2) is 0 Å². The summed E-state index contributed by atoms with van der Waals surface area (Å²) in [4.78, 5) is 0. The van der Waals surface area contributed by atoms with Gasteiger partial charge in [-0.05, 0) is 57.2 Å². The summed E-state index contributed by atoms with van der Waals surface area (Å²) in [6, 6.07) is 8.17. The smallest absolute Gasteiger partial charge is 0.119 e. The van der Waals surface area contributed by atoms with E-state index in [0.717, 1.165) is 30.8 Å².